The normalized spacial score (nSPS) is 16.5. The van der Waals surface area contributed by atoms with Crippen LogP contribution in [-0.2, 0) is 0 Å². The summed E-state index contributed by atoms with van der Waals surface area (Å²) in [6.45, 7) is 5.71. The van der Waals surface area contributed by atoms with Gasteiger partial charge in [0.2, 0.25) is 0 Å². The molecule has 0 bridgehead atoms. The predicted molar refractivity (Wildman–Crippen MR) is 83.7 cm³/mol. The predicted octanol–water partition coefficient (Wildman–Crippen LogP) is 4.80. The Kier molecular flexibility index (Phi) is 5.91. The van der Waals surface area contributed by atoms with Crippen LogP contribution in [0.2, 0.25) is 0 Å². The Labute approximate surface area is 118 Å². The van der Waals surface area contributed by atoms with Gasteiger partial charge in [-0.15, -0.1) is 0 Å². The third kappa shape index (κ3) is 4.99. The van der Waals surface area contributed by atoms with Crippen molar-refractivity contribution in [2.75, 3.05) is 6.54 Å². The molecule has 0 aliphatic heterocycles. The number of nitrogens with one attached hydrogen (secondary N) is 1. The topological polar surface area (TPSA) is 12.0 Å². The van der Waals surface area contributed by atoms with Crippen LogP contribution < -0.4 is 5.32 Å². The van der Waals surface area contributed by atoms with E-state index in [1.165, 1.54) is 57.1 Å². The SMILES string of the molecule is CCCCCCC(CNC1CC1)c1ccccc1C. The van der Waals surface area contributed by atoms with Gasteiger partial charge in [-0.05, 0) is 43.2 Å². The first-order chi connectivity index (χ1) is 9.31. The summed E-state index contributed by atoms with van der Waals surface area (Å²) >= 11 is 0. The van der Waals surface area contributed by atoms with E-state index in [1.54, 1.807) is 5.56 Å². The largest absolute Gasteiger partial charge is 0.313 e. The standard InChI is InChI=1S/C18H29N/c1-3-4-5-6-10-16(14-19-17-12-13-17)18-11-8-7-9-15(18)2/h7-9,11,16-17,19H,3-6,10,12-14H2,1-2H3. The molecule has 0 radical (unpaired) electrons. The van der Waals surface area contributed by atoms with Crippen LogP contribution in [0.4, 0.5) is 0 Å². The van der Waals surface area contributed by atoms with Gasteiger partial charge in [-0.2, -0.15) is 0 Å². The Balaban J connectivity index is 1.90. The van der Waals surface area contributed by atoms with E-state index in [0.717, 1.165) is 6.04 Å². The molecule has 1 N–H and O–H groups in total. The van der Waals surface area contributed by atoms with Crippen molar-refractivity contribution in [3.05, 3.63) is 35.4 Å². The lowest BCUT2D eigenvalue weighted by Gasteiger charge is -2.20. The van der Waals surface area contributed by atoms with Crippen LogP contribution in [0, 0.1) is 6.92 Å². The molecule has 0 amide bonds. The van der Waals surface area contributed by atoms with E-state index in [0.29, 0.717) is 5.92 Å². The quantitative estimate of drug-likeness (QED) is 0.628. The lowest BCUT2D eigenvalue weighted by Crippen LogP contribution is -2.24. The third-order valence-corrected chi connectivity index (χ3v) is 4.26. The van der Waals surface area contributed by atoms with E-state index >= 15 is 0 Å². The second-order valence-corrected chi connectivity index (χ2v) is 6.09. The minimum Gasteiger partial charge on any atom is -0.313 e. The van der Waals surface area contributed by atoms with Gasteiger partial charge < -0.3 is 5.32 Å². The summed E-state index contributed by atoms with van der Waals surface area (Å²) in [7, 11) is 0. The molecular weight excluding hydrogens is 230 g/mol. The van der Waals surface area contributed by atoms with E-state index in [-0.39, 0.29) is 0 Å². The first kappa shape index (κ1) is 14.6. The molecule has 1 aromatic rings. The molecule has 106 valence electrons. The Bertz CT molecular complexity index is 368. The lowest BCUT2D eigenvalue weighted by molar-refractivity contribution is 0.511. The number of rotatable bonds is 9. The summed E-state index contributed by atoms with van der Waals surface area (Å²) in [6.07, 6.45) is 9.59. The molecule has 1 unspecified atom stereocenters. The van der Waals surface area contributed by atoms with Crippen molar-refractivity contribution in [3.8, 4) is 0 Å². The molecule has 1 aliphatic carbocycles. The molecule has 19 heavy (non-hydrogen) atoms. The number of hydrogen-bond donors (Lipinski definition) is 1. The van der Waals surface area contributed by atoms with Crippen LogP contribution in [0.15, 0.2) is 24.3 Å². The van der Waals surface area contributed by atoms with Crippen molar-refractivity contribution in [1.29, 1.82) is 0 Å². The van der Waals surface area contributed by atoms with Crippen molar-refractivity contribution in [2.45, 2.75) is 70.8 Å². The molecule has 1 aromatic carbocycles. The van der Waals surface area contributed by atoms with Gasteiger partial charge in [0.15, 0.2) is 0 Å². The molecule has 1 fully saturated rings. The van der Waals surface area contributed by atoms with Crippen molar-refractivity contribution in [3.63, 3.8) is 0 Å². The van der Waals surface area contributed by atoms with Crippen molar-refractivity contribution in [1.82, 2.24) is 5.32 Å². The van der Waals surface area contributed by atoms with Crippen LogP contribution in [0.3, 0.4) is 0 Å². The lowest BCUT2D eigenvalue weighted by atomic mass is 9.90. The van der Waals surface area contributed by atoms with Gasteiger partial charge in [0.05, 0.1) is 0 Å². The van der Waals surface area contributed by atoms with Gasteiger partial charge in [-0.1, -0.05) is 56.9 Å². The molecule has 2 rings (SSSR count). The molecule has 1 aliphatic rings. The fourth-order valence-electron chi connectivity index (χ4n) is 2.83. The molecule has 0 heterocycles. The molecule has 1 heteroatoms. The molecular formula is C18H29N. The Morgan fingerprint density at radius 1 is 1.16 bits per heavy atom. The zero-order valence-corrected chi connectivity index (χ0v) is 12.6. The summed E-state index contributed by atoms with van der Waals surface area (Å²) in [5, 5.41) is 3.72. The van der Waals surface area contributed by atoms with Gasteiger partial charge >= 0.3 is 0 Å². The van der Waals surface area contributed by atoms with Crippen LogP contribution in [0.25, 0.3) is 0 Å². The van der Waals surface area contributed by atoms with Gasteiger partial charge in [-0.3, -0.25) is 0 Å². The van der Waals surface area contributed by atoms with Crippen molar-refractivity contribution >= 4 is 0 Å². The zero-order valence-electron chi connectivity index (χ0n) is 12.6. The summed E-state index contributed by atoms with van der Waals surface area (Å²) in [4.78, 5) is 0. The molecule has 1 atom stereocenters. The number of hydrogen-bond acceptors (Lipinski definition) is 1. The molecule has 0 saturated heterocycles. The van der Waals surface area contributed by atoms with Crippen LogP contribution in [0.5, 0.6) is 0 Å². The van der Waals surface area contributed by atoms with Gasteiger partial charge in [0, 0.05) is 12.6 Å². The summed E-state index contributed by atoms with van der Waals surface area (Å²) in [6, 6.07) is 9.75. The maximum Gasteiger partial charge on any atom is 0.00684 e. The monoisotopic (exact) mass is 259 g/mol. The number of benzene rings is 1. The molecule has 0 spiro atoms. The average Bonchev–Trinajstić information content (AvgIpc) is 3.23. The molecule has 1 nitrogen and oxygen atoms in total. The maximum atomic E-state index is 3.72. The number of aryl methyl sites for hydroxylation is 1. The van der Waals surface area contributed by atoms with Crippen LogP contribution >= 0.6 is 0 Å². The summed E-state index contributed by atoms with van der Waals surface area (Å²) in [5.74, 6) is 0.707. The van der Waals surface area contributed by atoms with E-state index in [2.05, 4.69) is 43.4 Å². The smallest absolute Gasteiger partial charge is 0.00684 e. The highest BCUT2D eigenvalue weighted by atomic mass is 14.9. The Hall–Kier alpha value is -0.820. The van der Waals surface area contributed by atoms with Gasteiger partial charge in [0.25, 0.3) is 0 Å². The minimum atomic E-state index is 0.707. The van der Waals surface area contributed by atoms with E-state index in [4.69, 9.17) is 0 Å². The van der Waals surface area contributed by atoms with Crippen LogP contribution in [-0.4, -0.2) is 12.6 Å². The fraction of sp³-hybridized carbons (Fsp3) is 0.667. The highest BCUT2D eigenvalue weighted by Gasteiger charge is 2.22. The van der Waals surface area contributed by atoms with E-state index < -0.39 is 0 Å². The maximum absolute atomic E-state index is 3.72. The highest BCUT2D eigenvalue weighted by Crippen LogP contribution is 2.27. The van der Waals surface area contributed by atoms with E-state index in [9.17, 15) is 0 Å². The highest BCUT2D eigenvalue weighted by molar-refractivity contribution is 5.29. The third-order valence-electron chi connectivity index (χ3n) is 4.26. The van der Waals surface area contributed by atoms with Crippen molar-refractivity contribution in [2.24, 2.45) is 0 Å². The zero-order chi connectivity index (χ0) is 13.5. The van der Waals surface area contributed by atoms with Crippen LogP contribution in [0.1, 0.15) is 68.9 Å². The second-order valence-electron chi connectivity index (χ2n) is 6.09. The minimum absolute atomic E-state index is 0.707. The van der Waals surface area contributed by atoms with E-state index in [1.807, 2.05) is 0 Å². The second kappa shape index (κ2) is 7.69. The molecule has 1 saturated carbocycles. The van der Waals surface area contributed by atoms with Gasteiger partial charge in [-0.25, -0.2) is 0 Å². The Morgan fingerprint density at radius 3 is 2.63 bits per heavy atom. The Morgan fingerprint density at radius 2 is 1.95 bits per heavy atom. The summed E-state index contributed by atoms with van der Waals surface area (Å²) in [5.41, 5.74) is 3.02. The first-order valence-corrected chi connectivity index (χ1v) is 8.10. The summed E-state index contributed by atoms with van der Waals surface area (Å²) < 4.78 is 0. The fourth-order valence-corrected chi connectivity index (χ4v) is 2.83. The molecule has 0 aromatic heterocycles. The van der Waals surface area contributed by atoms with Crippen molar-refractivity contribution < 1.29 is 0 Å². The average molecular weight is 259 g/mol. The van der Waals surface area contributed by atoms with Gasteiger partial charge in [0.1, 0.15) is 0 Å². The first-order valence-electron chi connectivity index (χ1n) is 8.10. The number of unbranched alkanes of at least 4 members (excludes halogenated alkanes) is 3.